The van der Waals surface area contributed by atoms with Gasteiger partial charge in [-0.05, 0) is 48.6 Å². The number of aryl methyl sites for hydroxylation is 1. The van der Waals surface area contributed by atoms with Crippen LogP contribution in [-0.2, 0) is 17.8 Å². The number of nitrogens with zero attached hydrogens (tertiary/aromatic N) is 3. The molecule has 1 fully saturated rings. The van der Waals surface area contributed by atoms with Crippen LogP contribution in [0.5, 0.6) is 0 Å². The van der Waals surface area contributed by atoms with Crippen molar-refractivity contribution in [1.82, 2.24) is 4.90 Å². The molecule has 1 saturated heterocycles. The van der Waals surface area contributed by atoms with Gasteiger partial charge in [0.05, 0.1) is 4.92 Å². The van der Waals surface area contributed by atoms with Gasteiger partial charge in [-0.15, -0.1) is 0 Å². The molecule has 3 rings (SSSR count). The number of likely N-dealkylation sites (tertiary alicyclic amines) is 1. The molecule has 1 aliphatic heterocycles. The summed E-state index contributed by atoms with van der Waals surface area (Å²) in [5.41, 5.74) is 3.03. The number of nitro benzene ring substituents is 1. The monoisotopic (exact) mass is 429 g/mol. The lowest BCUT2D eigenvalue weighted by molar-refractivity contribution is -0.384. The first-order chi connectivity index (χ1) is 14.4. The fraction of sp³-hybridized carbons (Fsp3) is 0.435. The molecule has 0 saturated carbocycles. The Balaban J connectivity index is 1.68. The van der Waals surface area contributed by atoms with Crippen LogP contribution in [0.1, 0.15) is 44.2 Å². The summed E-state index contributed by atoms with van der Waals surface area (Å²) in [7, 11) is 0. The molecule has 0 radical (unpaired) electrons. The summed E-state index contributed by atoms with van der Waals surface area (Å²) in [6.45, 7) is 6.21. The van der Waals surface area contributed by atoms with E-state index in [9.17, 15) is 14.9 Å². The van der Waals surface area contributed by atoms with E-state index in [2.05, 4.69) is 24.0 Å². The van der Waals surface area contributed by atoms with Crippen LogP contribution >= 0.6 is 11.6 Å². The zero-order chi connectivity index (χ0) is 21.7. The van der Waals surface area contributed by atoms with Gasteiger partial charge in [0.1, 0.15) is 0 Å². The third-order valence-corrected chi connectivity index (χ3v) is 6.12. The van der Waals surface area contributed by atoms with Crippen molar-refractivity contribution in [3.8, 4) is 0 Å². The Hall–Kier alpha value is -2.44. The molecule has 1 aliphatic rings. The lowest BCUT2D eigenvalue weighted by Crippen LogP contribution is -2.47. The third-order valence-electron chi connectivity index (χ3n) is 5.75. The van der Waals surface area contributed by atoms with Gasteiger partial charge < -0.3 is 4.90 Å². The van der Waals surface area contributed by atoms with Gasteiger partial charge in [-0.2, -0.15) is 0 Å². The van der Waals surface area contributed by atoms with E-state index in [1.54, 1.807) is 12.1 Å². The van der Waals surface area contributed by atoms with Crippen molar-refractivity contribution in [2.45, 2.75) is 52.1 Å². The first kappa shape index (κ1) is 22.2. The quantitative estimate of drug-likeness (QED) is 0.447. The van der Waals surface area contributed by atoms with Gasteiger partial charge in [-0.3, -0.25) is 19.8 Å². The number of anilines is 1. The van der Waals surface area contributed by atoms with Crippen LogP contribution in [0.25, 0.3) is 0 Å². The molecule has 30 heavy (non-hydrogen) atoms. The van der Waals surface area contributed by atoms with Crippen LogP contribution in [0.2, 0.25) is 5.02 Å². The third kappa shape index (κ3) is 5.18. The standard InChI is InChI=1S/C23H28ClN3O3/c1-3-17-5-7-19(8-6-17)26(23(28)4-2)20-11-13-25(14-12-20)16-18-15-21(27(29)30)9-10-22(18)24/h5-10,15,20H,3-4,11-14,16H2,1-2H3. The van der Waals surface area contributed by atoms with Crippen molar-refractivity contribution >= 4 is 28.9 Å². The van der Waals surface area contributed by atoms with E-state index in [0.29, 0.717) is 18.0 Å². The molecule has 0 aromatic heterocycles. The fourth-order valence-corrected chi connectivity index (χ4v) is 4.17. The van der Waals surface area contributed by atoms with Gasteiger partial charge in [0.2, 0.25) is 5.91 Å². The number of carbonyl (C=O) groups is 1. The van der Waals surface area contributed by atoms with Gasteiger partial charge in [0.15, 0.2) is 0 Å². The van der Waals surface area contributed by atoms with Crippen molar-refractivity contribution in [2.24, 2.45) is 0 Å². The smallest absolute Gasteiger partial charge is 0.269 e. The number of piperidine rings is 1. The normalized spacial score (nSPS) is 15.2. The number of carbonyl (C=O) groups excluding carboxylic acids is 1. The zero-order valence-corrected chi connectivity index (χ0v) is 18.3. The molecule has 7 heteroatoms. The molecule has 0 aliphatic carbocycles. The molecule has 160 valence electrons. The molecule has 0 spiro atoms. The number of benzene rings is 2. The second-order valence-corrected chi connectivity index (χ2v) is 8.08. The number of rotatable bonds is 7. The average Bonchev–Trinajstić information content (AvgIpc) is 2.76. The Morgan fingerprint density at radius 3 is 2.40 bits per heavy atom. The summed E-state index contributed by atoms with van der Waals surface area (Å²) in [5, 5.41) is 11.6. The molecule has 0 N–H and O–H groups in total. The van der Waals surface area contributed by atoms with Gasteiger partial charge in [-0.1, -0.05) is 37.6 Å². The maximum Gasteiger partial charge on any atom is 0.269 e. The van der Waals surface area contributed by atoms with E-state index >= 15 is 0 Å². The van der Waals surface area contributed by atoms with E-state index in [1.807, 2.05) is 24.0 Å². The number of nitro groups is 1. The molecule has 1 amide bonds. The Bertz CT molecular complexity index is 893. The van der Waals surface area contributed by atoms with E-state index in [1.165, 1.54) is 11.6 Å². The van der Waals surface area contributed by atoms with E-state index in [4.69, 9.17) is 11.6 Å². The molecule has 2 aromatic rings. The molecular formula is C23H28ClN3O3. The highest BCUT2D eigenvalue weighted by Gasteiger charge is 2.28. The lowest BCUT2D eigenvalue weighted by atomic mass is 10.0. The first-order valence-corrected chi connectivity index (χ1v) is 10.9. The van der Waals surface area contributed by atoms with Crippen molar-refractivity contribution in [1.29, 1.82) is 0 Å². The average molecular weight is 430 g/mol. The number of amides is 1. The highest BCUT2D eigenvalue weighted by molar-refractivity contribution is 6.31. The highest BCUT2D eigenvalue weighted by atomic mass is 35.5. The maximum absolute atomic E-state index is 12.7. The number of hydrogen-bond acceptors (Lipinski definition) is 4. The van der Waals surface area contributed by atoms with Crippen LogP contribution in [0.15, 0.2) is 42.5 Å². The molecule has 0 bridgehead atoms. The minimum absolute atomic E-state index is 0.0551. The summed E-state index contributed by atoms with van der Waals surface area (Å²) >= 11 is 6.26. The molecule has 6 nitrogen and oxygen atoms in total. The van der Waals surface area contributed by atoms with Crippen molar-refractivity contribution in [3.63, 3.8) is 0 Å². The number of halogens is 1. The maximum atomic E-state index is 12.7. The first-order valence-electron chi connectivity index (χ1n) is 10.5. The molecular weight excluding hydrogens is 402 g/mol. The molecule has 1 heterocycles. The van der Waals surface area contributed by atoms with Crippen LogP contribution in [0.4, 0.5) is 11.4 Å². The lowest BCUT2D eigenvalue weighted by Gasteiger charge is -2.38. The number of hydrogen-bond donors (Lipinski definition) is 0. The Labute approximate surface area is 182 Å². The van der Waals surface area contributed by atoms with Gasteiger partial charge in [0, 0.05) is 54.9 Å². The summed E-state index contributed by atoms with van der Waals surface area (Å²) < 4.78 is 0. The Morgan fingerprint density at radius 2 is 1.83 bits per heavy atom. The predicted octanol–water partition coefficient (Wildman–Crippen LogP) is 5.22. The minimum Gasteiger partial charge on any atom is -0.309 e. The van der Waals surface area contributed by atoms with Crippen molar-refractivity contribution < 1.29 is 9.72 Å². The van der Waals surface area contributed by atoms with Crippen molar-refractivity contribution in [3.05, 3.63) is 68.7 Å². The Kier molecular flexibility index (Phi) is 7.45. The van der Waals surface area contributed by atoms with Crippen molar-refractivity contribution in [2.75, 3.05) is 18.0 Å². The second-order valence-electron chi connectivity index (χ2n) is 7.68. The predicted molar refractivity (Wildman–Crippen MR) is 120 cm³/mol. The molecule has 0 atom stereocenters. The van der Waals surface area contributed by atoms with Crippen LogP contribution in [0, 0.1) is 10.1 Å². The second kappa shape index (κ2) is 10.0. The SMILES string of the molecule is CCC(=O)N(c1ccc(CC)cc1)C1CCN(Cc2cc([N+](=O)[O-])ccc2Cl)CC1. The topological polar surface area (TPSA) is 66.7 Å². The van der Waals surface area contributed by atoms with Crippen LogP contribution in [-0.4, -0.2) is 34.9 Å². The largest absolute Gasteiger partial charge is 0.309 e. The molecule has 0 unspecified atom stereocenters. The molecule has 2 aromatic carbocycles. The fourth-order valence-electron chi connectivity index (χ4n) is 3.99. The Morgan fingerprint density at radius 1 is 1.17 bits per heavy atom. The van der Waals surface area contributed by atoms with Gasteiger partial charge in [-0.25, -0.2) is 0 Å². The summed E-state index contributed by atoms with van der Waals surface area (Å²) in [4.78, 5) is 27.6. The minimum atomic E-state index is -0.399. The van der Waals surface area contributed by atoms with E-state index < -0.39 is 4.92 Å². The summed E-state index contributed by atoms with van der Waals surface area (Å²) in [6, 6.07) is 13.0. The number of non-ortho nitro benzene ring substituents is 1. The summed E-state index contributed by atoms with van der Waals surface area (Å²) in [5.74, 6) is 0.138. The van der Waals surface area contributed by atoms with E-state index in [-0.39, 0.29) is 17.6 Å². The zero-order valence-electron chi connectivity index (χ0n) is 17.5. The highest BCUT2D eigenvalue weighted by Crippen LogP contribution is 2.28. The van der Waals surface area contributed by atoms with Gasteiger partial charge in [0.25, 0.3) is 5.69 Å². The summed E-state index contributed by atoms with van der Waals surface area (Å²) in [6.07, 6.45) is 3.15. The van der Waals surface area contributed by atoms with Crippen LogP contribution < -0.4 is 4.90 Å². The van der Waals surface area contributed by atoms with Crippen LogP contribution in [0.3, 0.4) is 0 Å². The van der Waals surface area contributed by atoms with E-state index in [0.717, 1.165) is 43.6 Å². The van der Waals surface area contributed by atoms with Gasteiger partial charge >= 0.3 is 0 Å².